The Morgan fingerprint density at radius 2 is 2.06 bits per heavy atom. The van der Waals surface area contributed by atoms with Crippen molar-refractivity contribution in [3.63, 3.8) is 0 Å². The highest BCUT2D eigenvalue weighted by Crippen LogP contribution is 2.33. The van der Waals surface area contributed by atoms with Crippen molar-refractivity contribution in [2.24, 2.45) is 5.73 Å². The minimum Gasteiger partial charge on any atom is -0.355 e. The molecule has 9 heteroatoms. The van der Waals surface area contributed by atoms with Crippen LogP contribution in [-0.4, -0.2) is 61.0 Å². The zero-order valence-corrected chi connectivity index (χ0v) is 18.0. The van der Waals surface area contributed by atoms with Crippen molar-refractivity contribution in [3.8, 4) is 0 Å². The standard InChI is InChI=1S/C22H28N8O/c1-14-11-30-20(26-21(14)28-8-6-16(23)12-28)9-18(27-30)19-5-3-4-7-29(19)22(31)17-10-24-13-25-15(17)2/h9-11,13,16,19H,3-8,12,23H2,1-2H3/t16-,19-/m0/s1. The van der Waals surface area contributed by atoms with Gasteiger partial charge in [0.05, 0.1) is 23.0 Å². The van der Waals surface area contributed by atoms with Crippen LogP contribution in [-0.2, 0) is 0 Å². The number of amides is 1. The molecule has 0 saturated carbocycles. The van der Waals surface area contributed by atoms with E-state index in [1.54, 1.807) is 6.20 Å². The molecule has 2 N–H and O–H groups in total. The van der Waals surface area contributed by atoms with Crippen LogP contribution in [0.5, 0.6) is 0 Å². The topological polar surface area (TPSA) is 106 Å². The highest BCUT2D eigenvalue weighted by molar-refractivity contribution is 5.95. The number of anilines is 1. The second kappa shape index (κ2) is 7.88. The number of nitrogens with zero attached hydrogens (tertiary/aromatic N) is 7. The largest absolute Gasteiger partial charge is 0.355 e. The normalized spacial score (nSPS) is 21.8. The van der Waals surface area contributed by atoms with Crippen LogP contribution in [0.3, 0.4) is 0 Å². The number of hydrogen-bond donors (Lipinski definition) is 1. The van der Waals surface area contributed by atoms with E-state index >= 15 is 0 Å². The van der Waals surface area contributed by atoms with Gasteiger partial charge < -0.3 is 15.5 Å². The Bertz CT molecular complexity index is 1130. The first-order valence-electron chi connectivity index (χ1n) is 11.0. The molecule has 2 atom stereocenters. The summed E-state index contributed by atoms with van der Waals surface area (Å²) in [5, 5.41) is 4.81. The number of aromatic nitrogens is 5. The third-order valence-electron chi connectivity index (χ3n) is 6.40. The number of nitrogens with two attached hydrogens (primary N) is 1. The molecule has 9 nitrogen and oxygen atoms in total. The minimum absolute atomic E-state index is 0.0317. The van der Waals surface area contributed by atoms with Gasteiger partial charge in [-0.3, -0.25) is 4.79 Å². The summed E-state index contributed by atoms with van der Waals surface area (Å²) >= 11 is 0. The van der Waals surface area contributed by atoms with E-state index in [0.717, 1.165) is 61.5 Å². The van der Waals surface area contributed by atoms with Gasteiger partial charge in [0.2, 0.25) is 0 Å². The van der Waals surface area contributed by atoms with Gasteiger partial charge in [0.1, 0.15) is 12.1 Å². The van der Waals surface area contributed by atoms with Crippen LogP contribution in [0.1, 0.15) is 59.0 Å². The maximum absolute atomic E-state index is 13.3. The third-order valence-corrected chi connectivity index (χ3v) is 6.40. The molecular formula is C22H28N8O. The SMILES string of the molecule is Cc1cn2nc([C@@H]3CCCCN3C(=O)c3cncnc3C)cc2nc1N1CC[C@H](N)C1. The Kier molecular flexibility index (Phi) is 5.05. The first-order valence-corrected chi connectivity index (χ1v) is 11.0. The Morgan fingerprint density at radius 1 is 1.19 bits per heavy atom. The Morgan fingerprint density at radius 3 is 2.84 bits per heavy atom. The molecule has 0 spiro atoms. The average molecular weight is 421 g/mol. The van der Waals surface area contributed by atoms with Crippen LogP contribution in [0.2, 0.25) is 0 Å². The maximum atomic E-state index is 13.3. The Labute approximate surface area is 181 Å². The van der Waals surface area contributed by atoms with Gasteiger partial charge in [-0.05, 0) is 39.5 Å². The molecule has 2 saturated heterocycles. The summed E-state index contributed by atoms with van der Waals surface area (Å²) in [5.74, 6) is 0.941. The van der Waals surface area contributed by atoms with Gasteiger partial charge in [-0.25, -0.2) is 19.5 Å². The van der Waals surface area contributed by atoms with Gasteiger partial charge in [-0.2, -0.15) is 5.10 Å². The summed E-state index contributed by atoms with van der Waals surface area (Å²) in [7, 11) is 0. The monoisotopic (exact) mass is 420 g/mol. The molecule has 3 aromatic rings. The lowest BCUT2D eigenvalue weighted by Gasteiger charge is -2.34. The fraction of sp³-hybridized carbons (Fsp3) is 0.500. The number of hydrogen-bond acceptors (Lipinski definition) is 7. The molecular weight excluding hydrogens is 392 g/mol. The van der Waals surface area contributed by atoms with E-state index in [-0.39, 0.29) is 18.0 Å². The molecule has 2 aliphatic heterocycles. The van der Waals surface area contributed by atoms with Gasteiger partial charge >= 0.3 is 0 Å². The van der Waals surface area contributed by atoms with Crippen LogP contribution in [0.4, 0.5) is 5.82 Å². The fourth-order valence-corrected chi connectivity index (χ4v) is 4.72. The molecule has 2 fully saturated rings. The molecule has 1 amide bonds. The number of fused-ring (bicyclic) bond motifs is 1. The molecule has 31 heavy (non-hydrogen) atoms. The first kappa shape index (κ1) is 19.9. The molecule has 0 aliphatic carbocycles. The van der Waals surface area contributed by atoms with E-state index < -0.39 is 0 Å². The fourth-order valence-electron chi connectivity index (χ4n) is 4.72. The summed E-state index contributed by atoms with van der Waals surface area (Å²) in [6, 6.07) is 2.14. The third kappa shape index (κ3) is 3.63. The van der Waals surface area contributed by atoms with Crippen molar-refractivity contribution in [2.45, 2.75) is 51.6 Å². The number of aryl methyl sites for hydroxylation is 2. The second-order valence-electron chi connectivity index (χ2n) is 8.65. The summed E-state index contributed by atoms with van der Waals surface area (Å²) in [4.78, 5) is 30.6. The minimum atomic E-state index is -0.0773. The van der Waals surface area contributed by atoms with E-state index in [1.807, 2.05) is 28.6 Å². The molecule has 0 radical (unpaired) electrons. The first-order chi connectivity index (χ1) is 15.0. The van der Waals surface area contributed by atoms with Crippen LogP contribution in [0, 0.1) is 13.8 Å². The number of piperidine rings is 1. The molecule has 2 aliphatic rings. The van der Waals surface area contributed by atoms with Crippen molar-refractivity contribution in [1.82, 2.24) is 29.5 Å². The van der Waals surface area contributed by atoms with E-state index in [0.29, 0.717) is 17.8 Å². The van der Waals surface area contributed by atoms with Crippen molar-refractivity contribution in [1.29, 1.82) is 0 Å². The van der Waals surface area contributed by atoms with E-state index in [1.165, 1.54) is 6.33 Å². The summed E-state index contributed by atoms with van der Waals surface area (Å²) < 4.78 is 1.83. The molecule has 0 bridgehead atoms. The summed E-state index contributed by atoms with van der Waals surface area (Å²) in [5.41, 5.74) is 10.1. The van der Waals surface area contributed by atoms with Gasteiger partial charge in [0.15, 0.2) is 5.65 Å². The van der Waals surface area contributed by atoms with E-state index in [2.05, 4.69) is 21.8 Å². The predicted molar refractivity (Wildman–Crippen MR) is 117 cm³/mol. The second-order valence-corrected chi connectivity index (χ2v) is 8.65. The number of carbonyl (C=O) groups excluding carboxylic acids is 1. The highest BCUT2D eigenvalue weighted by atomic mass is 16.2. The van der Waals surface area contributed by atoms with Crippen LogP contribution in [0.25, 0.3) is 5.65 Å². The van der Waals surface area contributed by atoms with Crippen molar-refractivity contribution in [2.75, 3.05) is 24.5 Å². The van der Waals surface area contributed by atoms with Crippen LogP contribution in [0.15, 0.2) is 24.8 Å². The lowest BCUT2D eigenvalue weighted by molar-refractivity contribution is 0.0604. The molecule has 5 heterocycles. The number of carbonyl (C=O) groups is 1. The van der Waals surface area contributed by atoms with Gasteiger partial charge in [-0.1, -0.05) is 0 Å². The molecule has 0 unspecified atom stereocenters. The average Bonchev–Trinajstić information content (AvgIpc) is 3.38. The van der Waals surface area contributed by atoms with Gasteiger partial charge in [0.25, 0.3) is 5.91 Å². The van der Waals surface area contributed by atoms with Crippen molar-refractivity contribution < 1.29 is 4.79 Å². The number of likely N-dealkylation sites (tertiary alicyclic amines) is 1. The van der Waals surface area contributed by atoms with Crippen molar-refractivity contribution >= 4 is 17.4 Å². The summed E-state index contributed by atoms with van der Waals surface area (Å²) in [6.45, 7) is 6.36. The zero-order valence-electron chi connectivity index (χ0n) is 18.0. The molecule has 3 aromatic heterocycles. The zero-order chi connectivity index (χ0) is 21.5. The maximum Gasteiger partial charge on any atom is 0.257 e. The highest BCUT2D eigenvalue weighted by Gasteiger charge is 2.32. The predicted octanol–water partition coefficient (Wildman–Crippen LogP) is 2.04. The quantitative estimate of drug-likeness (QED) is 0.691. The summed E-state index contributed by atoms with van der Waals surface area (Å²) in [6.07, 6.45) is 9.02. The Balaban J connectivity index is 1.48. The van der Waals surface area contributed by atoms with Crippen LogP contribution >= 0.6 is 0 Å². The lowest BCUT2D eigenvalue weighted by atomic mass is 9.98. The van der Waals surface area contributed by atoms with Gasteiger partial charge in [0, 0.05) is 49.7 Å². The van der Waals surface area contributed by atoms with E-state index in [4.69, 9.17) is 15.8 Å². The lowest BCUT2D eigenvalue weighted by Crippen LogP contribution is -2.39. The molecule has 5 rings (SSSR count). The smallest absolute Gasteiger partial charge is 0.257 e. The van der Waals surface area contributed by atoms with Crippen molar-refractivity contribution in [3.05, 3.63) is 47.3 Å². The number of rotatable bonds is 3. The van der Waals surface area contributed by atoms with Gasteiger partial charge in [-0.15, -0.1) is 0 Å². The molecule has 162 valence electrons. The van der Waals surface area contributed by atoms with Crippen LogP contribution < -0.4 is 10.6 Å². The molecule has 0 aromatic carbocycles. The Hall–Kier alpha value is -3.07. The van der Waals surface area contributed by atoms with E-state index in [9.17, 15) is 4.79 Å².